The fraction of sp³-hybridized carbons (Fsp3) is 0.353. The highest BCUT2D eigenvalue weighted by Crippen LogP contribution is 2.31. The van der Waals surface area contributed by atoms with Gasteiger partial charge in [0.2, 0.25) is 0 Å². The Labute approximate surface area is 130 Å². The molecule has 1 N–H and O–H groups in total. The maximum Gasteiger partial charge on any atom is 0.141 e. The Bertz CT molecular complexity index is 574. The van der Waals surface area contributed by atoms with E-state index in [0.717, 1.165) is 24.2 Å². The predicted octanol–water partition coefficient (Wildman–Crippen LogP) is 4.72. The molecule has 1 aromatic carbocycles. The van der Waals surface area contributed by atoms with Crippen molar-refractivity contribution >= 4 is 11.6 Å². The van der Waals surface area contributed by atoms with Crippen LogP contribution in [-0.2, 0) is 0 Å². The molecule has 2 unspecified atom stereocenters. The Balaban J connectivity index is 2.31. The van der Waals surface area contributed by atoms with Crippen molar-refractivity contribution in [1.82, 2.24) is 10.3 Å². The largest absolute Gasteiger partial charge is 0.309 e. The molecule has 0 aliphatic rings. The number of rotatable bonds is 6. The molecule has 0 amide bonds. The zero-order valence-electron chi connectivity index (χ0n) is 12.3. The molecule has 0 fully saturated rings. The number of hydrogen-bond acceptors (Lipinski definition) is 2. The van der Waals surface area contributed by atoms with Gasteiger partial charge in [-0.3, -0.25) is 4.98 Å². The molecule has 2 atom stereocenters. The normalized spacial score (nSPS) is 13.9. The third-order valence-electron chi connectivity index (χ3n) is 3.57. The molecule has 2 aromatic rings. The minimum absolute atomic E-state index is 0.0537. The number of hydrogen-bond donors (Lipinski definition) is 1. The van der Waals surface area contributed by atoms with Gasteiger partial charge in [0.1, 0.15) is 5.82 Å². The van der Waals surface area contributed by atoms with E-state index in [4.69, 9.17) is 11.6 Å². The van der Waals surface area contributed by atoms with Crippen molar-refractivity contribution < 1.29 is 4.39 Å². The van der Waals surface area contributed by atoms with Gasteiger partial charge >= 0.3 is 0 Å². The molecular formula is C17H20ClFN2. The number of benzene rings is 1. The van der Waals surface area contributed by atoms with Crippen molar-refractivity contribution in [3.05, 3.63) is 64.7 Å². The SMILES string of the molecule is CCCNC(c1ccc(F)c(Cl)c1)C(C)c1ccccn1. The van der Waals surface area contributed by atoms with E-state index in [9.17, 15) is 4.39 Å². The van der Waals surface area contributed by atoms with Gasteiger partial charge in [-0.25, -0.2) is 4.39 Å². The van der Waals surface area contributed by atoms with Crippen LogP contribution in [0.2, 0.25) is 5.02 Å². The van der Waals surface area contributed by atoms with Crippen LogP contribution in [0.1, 0.15) is 43.5 Å². The van der Waals surface area contributed by atoms with Crippen molar-refractivity contribution in [3.63, 3.8) is 0 Å². The van der Waals surface area contributed by atoms with E-state index < -0.39 is 0 Å². The first-order valence-electron chi connectivity index (χ1n) is 7.22. The molecule has 4 heteroatoms. The highest BCUT2D eigenvalue weighted by atomic mass is 35.5. The van der Waals surface area contributed by atoms with Crippen LogP contribution in [-0.4, -0.2) is 11.5 Å². The summed E-state index contributed by atoms with van der Waals surface area (Å²) in [5.41, 5.74) is 1.99. The Hall–Kier alpha value is -1.45. The number of nitrogens with one attached hydrogen (secondary N) is 1. The molecule has 0 aliphatic heterocycles. The quantitative estimate of drug-likeness (QED) is 0.835. The number of nitrogens with zero attached hydrogens (tertiary/aromatic N) is 1. The van der Waals surface area contributed by atoms with Gasteiger partial charge in [-0.05, 0) is 42.8 Å². The van der Waals surface area contributed by atoms with Crippen molar-refractivity contribution in [3.8, 4) is 0 Å². The fourth-order valence-corrected chi connectivity index (χ4v) is 2.59. The molecule has 0 aliphatic carbocycles. The second-order valence-corrected chi connectivity index (χ2v) is 5.56. The van der Waals surface area contributed by atoms with Crippen LogP contribution >= 0.6 is 11.6 Å². The van der Waals surface area contributed by atoms with Gasteiger partial charge in [0.05, 0.1) is 5.02 Å². The summed E-state index contributed by atoms with van der Waals surface area (Å²) >= 11 is 5.92. The third-order valence-corrected chi connectivity index (χ3v) is 3.86. The van der Waals surface area contributed by atoms with E-state index in [2.05, 4.69) is 24.1 Å². The fourth-order valence-electron chi connectivity index (χ4n) is 2.41. The van der Waals surface area contributed by atoms with Gasteiger partial charge in [-0.1, -0.05) is 37.6 Å². The van der Waals surface area contributed by atoms with Crippen LogP contribution in [0.15, 0.2) is 42.6 Å². The number of pyridine rings is 1. The molecule has 21 heavy (non-hydrogen) atoms. The minimum atomic E-state index is -0.389. The molecule has 1 heterocycles. The molecule has 112 valence electrons. The van der Waals surface area contributed by atoms with E-state index in [-0.39, 0.29) is 22.8 Å². The number of aromatic nitrogens is 1. The average Bonchev–Trinajstić information content (AvgIpc) is 2.51. The van der Waals surface area contributed by atoms with Gasteiger partial charge in [0.25, 0.3) is 0 Å². The lowest BCUT2D eigenvalue weighted by atomic mass is 9.91. The van der Waals surface area contributed by atoms with Crippen LogP contribution in [0.4, 0.5) is 4.39 Å². The second kappa shape index (κ2) is 7.53. The first kappa shape index (κ1) is 15.9. The molecule has 0 saturated heterocycles. The second-order valence-electron chi connectivity index (χ2n) is 5.15. The monoisotopic (exact) mass is 306 g/mol. The maximum absolute atomic E-state index is 13.4. The average molecular weight is 307 g/mol. The van der Waals surface area contributed by atoms with Crippen molar-refractivity contribution in [2.24, 2.45) is 0 Å². The lowest BCUT2D eigenvalue weighted by Gasteiger charge is -2.25. The third kappa shape index (κ3) is 4.02. The summed E-state index contributed by atoms with van der Waals surface area (Å²) in [4.78, 5) is 4.43. The van der Waals surface area contributed by atoms with E-state index in [0.29, 0.717) is 0 Å². The Morgan fingerprint density at radius 3 is 2.71 bits per heavy atom. The van der Waals surface area contributed by atoms with Gasteiger partial charge < -0.3 is 5.32 Å². The maximum atomic E-state index is 13.4. The topological polar surface area (TPSA) is 24.9 Å². The molecule has 2 nitrogen and oxygen atoms in total. The Morgan fingerprint density at radius 2 is 2.10 bits per heavy atom. The lowest BCUT2D eigenvalue weighted by molar-refractivity contribution is 0.459. The van der Waals surface area contributed by atoms with Crippen molar-refractivity contribution in [1.29, 1.82) is 0 Å². The van der Waals surface area contributed by atoms with Crippen LogP contribution in [0, 0.1) is 5.82 Å². The van der Waals surface area contributed by atoms with Crippen LogP contribution in [0.25, 0.3) is 0 Å². The first-order chi connectivity index (χ1) is 10.1. The predicted molar refractivity (Wildman–Crippen MR) is 85.1 cm³/mol. The van der Waals surface area contributed by atoms with Gasteiger partial charge in [-0.2, -0.15) is 0 Å². The summed E-state index contributed by atoms with van der Waals surface area (Å²) in [6, 6.07) is 10.8. The number of halogens is 2. The standard InChI is InChI=1S/C17H20ClFN2/c1-3-9-21-17(12(2)16-6-4-5-10-20-16)13-7-8-15(19)14(18)11-13/h4-8,10-12,17,21H,3,9H2,1-2H3. The summed E-state index contributed by atoms with van der Waals surface area (Å²) in [6.07, 6.45) is 2.82. The van der Waals surface area contributed by atoms with Crippen molar-refractivity contribution in [2.45, 2.75) is 32.2 Å². The molecule has 0 bridgehead atoms. The highest BCUT2D eigenvalue weighted by Gasteiger charge is 2.22. The van der Waals surface area contributed by atoms with Crippen LogP contribution in [0.3, 0.4) is 0 Å². The first-order valence-corrected chi connectivity index (χ1v) is 7.60. The van der Waals surface area contributed by atoms with E-state index in [1.807, 2.05) is 18.2 Å². The minimum Gasteiger partial charge on any atom is -0.309 e. The zero-order chi connectivity index (χ0) is 15.2. The summed E-state index contributed by atoms with van der Waals surface area (Å²) in [6.45, 7) is 5.12. The Kier molecular flexibility index (Phi) is 5.71. The molecular weight excluding hydrogens is 287 g/mol. The molecule has 0 saturated carbocycles. The summed E-state index contributed by atoms with van der Waals surface area (Å²) in [7, 11) is 0. The molecule has 1 aromatic heterocycles. The lowest BCUT2D eigenvalue weighted by Crippen LogP contribution is -2.27. The Morgan fingerprint density at radius 1 is 1.29 bits per heavy atom. The van der Waals surface area contributed by atoms with Crippen LogP contribution < -0.4 is 5.32 Å². The molecule has 0 spiro atoms. The van der Waals surface area contributed by atoms with Crippen molar-refractivity contribution in [2.75, 3.05) is 6.54 Å². The molecule has 0 radical (unpaired) electrons. The van der Waals surface area contributed by atoms with Gasteiger partial charge in [0.15, 0.2) is 0 Å². The van der Waals surface area contributed by atoms with E-state index >= 15 is 0 Å². The van der Waals surface area contributed by atoms with Gasteiger partial charge in [-0.15, -0.1) is 0 Å². The van der Waals surface area contributed by atoms with Gasteiger partial charge in [0, 0.05) is 23.9 Å². The summed E-state index contributed by atoms with van der Waals surface area (Å²) in [5, 5.41) is 3.67. The summed E-state index contributed by atoms with van der Waals surface area (Å²) in [5.74, 6) is -0.223. The van der Waals surface area contributed by atoms with Crippen LogP contribution in [0.5, 0.6) is 0 Å². The molecule has 2 rings (SSSR count). The highest BCUT2D eigenvalue weighted by molar-refractivity contribution is 6.30. The smallest absolute Gasteiger partial charge is 0.141 e. The zero-order valence-corrected chi connectivity index (χ0v) is 13.1. The van der Waals surface area contributed by atoms with E-state index in [1.54, 1.807) is 18.3 Å². The summed E-state index contributed by atoms with van der Waals surface area (Å²) < 4.78 is 13.4. The van der Waals surface area contributed by atoms with E-state index in [1.165, 1.54) is 6.07 Å².